The monoisotopic (exact) mass is 475 g/mol. The summed E-state index contributed by atoms with van der Waals surface area (Å²) in [4.78, 5) is 16.0. The van der Waals surface area contributed by atoms with Gasteiger partial charge < -0.3 is 15.0 Å². The molecule has 5 rings (SSSR count). The largest absolute Gasteiger partial charge is 0.376 e. The van der Waals surface area contributed by atoms with Crippen LogP contribution in [0.3, 0.4) is 0 Å². The quantitative estimate of drug-likeness (QED) is 0.331. The first-order valence-electron chi connectivity index (χ1n) is 11.7. The van der Waals surface area contributed by atoms with Crippen molar-refractivity contribution in [3.05, 3.63) is 60.3 Å². The van der Waals surface area contributed by atoms with E-state index in [9.17, 15) is 4.79 Å². The van der Waals surface area contributed by atoms with Gasteiger partial charge in [0.05, 0.1) is 18.4 Å². The second-order valence-corrected chi connectivity index (χ2v) is 9.86. The summed E-state index contributed by atoms with van der Waals surface area (Å²) in [5.74, 6) is 1.44. The maximum absolute atomic E-state index is 12.7. The molecule has 1 atom stereocenters. The van der Waals surface area contributed by atoms with Crippen LogP contribution >= 0.6 is 11.8 Å². The minimum absolute atomic E-state index is 0.0670. The van der Waals surface area contributed by atoms with E-state index in [1.54, 1.807) is 0 Å². The number of H-pyrrole nitrogens is 1. The molecule has 8 heteroatoms. The average Bonchev–Trinajstić information content (AvgIpc) is 3.59. The Labute approximate surface area is 203 Å². The molecule has 1 amide bonds. The van der Waals surface area contributed by atoms with Crippen LogP contribution in [0.5, 0.6) is 0 Å². The number of thioether (sulfide) groups is 1. The van der Waals surface area contributed by atoms with Gasteiger partial charge in [-0.2, -0.15) is 0 Å². The fourth-order valence-electron chi connectivity index (χ4n) is 4.29. The summed E-state index contributed by atoms with van der Waals surface area (Å²) in [6.07, 6.45) is 4.19. The summed E-state index contributed by atoms with van der Waals surface area (Å²) >= 11 is 1.40. The van der Waals surface area contributed by atoms with Gasteiger partial charge in [-0.1, -0.05) is 55.9 Å². The van der Waals surface area contributed by atoms with Crippen LogP contribution in [-0.2, 0) is 16.1 Å². The minimum Gasteiger partial charge on any atom is -0.376 e. The molecule has 0 aliphatic carbocycles. The maximum Gasteiger partial charge on any atom is 0.234 e. The average molecular weight is 476 g/mol. The highest BCUT2D eigenvalue weighted by atomic mass is 32.2. The Bertz CT molecular complexity index is 1270. The summed E-state index contributed by atoms with van der Waals surface area (Å²) in [6, 6.07) is 16.2. The molecule has 3 heterocycles. The van der Waals surface area contributed by atoms with Gasteiger partial charge in [-0.05, 0) is 42.5 Å². The van der Waals surface area contributed by atoms with E-state index in [0.717, 1.165) is 52.6 Å². The number of para-hydroxylation sites is 1. The molecule has 1 aliphatic heterocycles. The van der Waals surface area contributed by atoms with E-state index in [-0.39, 0.29) is 17.8 Å². The number of ether oxygens (including phenoxy) is 1. The van der Waals surface area contributed by atoms with Crippen LogP contribution in [0, 0.1) is 0 Å². The summed E-state index contributed by atoms with van der Waals surface area (Å²) in [5, 5.41) is 13.8. The number of rotatable bonds is 8. The van der Waals surface area contributed by atoms with Gasteiger partial charge in [0, 0.05) is 35.0 Å². The molecule has 176 valence electrons. The van der Waals surface area contributed by atoms with Crippen LogP contribution in [0.25, 0.3) is 22.3 Å². The summed E-state index contributed by atoms with van der Waals surface area (Å²) in [6.45, 7) is 5.77. The lowest BCUT2D eigenvalue weighted by Gasteiger charge is -2.14. The van der Waals surface area contributed by atoms with E-state index in [1.807, 2.05) is 36.5 Å². The van der Waals surface area contributed by atoms with Gasteiger partial charge in [0.2, 0.25) is 5.91 Å². The van der Waals surface area contributed by atoms with E-state index in [0.29, 0.717) is 12.5 Å². The molecule has 1 unspecified atom stereocenters. The van der Waals surface area contributed by atoms with E-state index in [4.69, 9.17) is 4.74 Å². The zero-order chi connectivity index (χ0) is 23.5. The third-order valence-corrected chi connectivity index (χ3v) is 7.12. The molecule has 7 nitrogen and oxygen atoms in total. The third-order valence-electron chi connectivity index (χ3n) is 6.15. The molecular weight excluding hydrogens is 446 g/mol. The van der Waals surface area contributed by atoms with Crippen LogP contribution in [0.15, 0.2) is 59.9 Å². The summed E-state index contributed by atoms with van der Waals surface area (Å²) in [5.41, 5.74) is 4.11. The van der Waals surface area contributed by atoms with Crippen LogP contribution in [0.2, 0.25) is 0 Å². The highest BCUT2D eigenvalue weighted by molar-refractivity contribution is 7.99. The van der Waals surface area contributed by atoms with Crippen molar-refractivity contribution in [2.24, 2.45) is 0 Å². The lowest BCUT2D eigenvalue weighted by atomic mass is 10.0. The van der Waals surface area contributed by atoms with Gasteiger partial charge in [-0.3, -0.25) is 9.36 Å². The number of aromatic nitrogens is 4. The number of fused-ring (bicyclic) bond motifs is 1. The van der Waals surface area contributed by atoms with Gasteiger partial charge in [0.1, 0.15) is 0 Å². The molecule has 4 aromatic rings. The number of hydrogen-bond acceptors (Lipinski definition) is 5. The molecule has 2 aromatic heterocycles. The van der Waals surface area contributed by atoms with Crippen molar-refractivity contribution < 1.29 is 9.53 Å². The number of amides is 1. The number of carbonyl (C=O) groups is 1. The lowest BCUT2D eigenvalue weighted by molar-refractivity contribution is -0.113. The zero-order valence-electron chi connectivity index (χ0n) is 19.5. The van der Waals surface area contributed by atoms with Crippen molar-refractivity contribution in [3.63, 3.8) is 0 Å². The Morgan fingerprint density at radius 3 is 2.79 bits per heavy atom. The molecule has 0 bridgehead atoms. The predicted octanol–water partition coefficient (Wildman–Crippen LogP) is 5.46. The van der Waals surface area contributed by atoms with Crippen LogP contribution in [-0.4, -0.2) is 44.1 Å². The molecule has 1 aliphatic rings. The standard InChI is InChI=1S/C26H29N5O2S/c1-17(2)18-9-11-19(12-10-18)28-24(32)16-34-26-30-29-25(31(26)15-20-6-5-13-33-20)22-14-27-23-8-4-3-7-21(22)23/h3-4,7-12,14,17,20,27H,5-6,13,15-16H2,1-2H3,(H,28,32). The first-order valence-corrected chi connectivity index (χ1v) is 12.7. The SMILES string of the molecule is CC(C)c1ccc(NC(=O)CSc2nnc(-c3c[nH]c4ccccc34)n2CC2CCCO2)cc1. The smallest absolute Gasteiger partial charge is 0.234 e. The molecule has 34 heavy (non-hydrogen) atoms. The Morgan fingerprint density at radius 2 is 2.03 bits per heavy atom. The van der Waals surface area contributed by atoms with Crippen molar-refractivity contribution >= 4 is 34.3 Å². The van der Waals surface area contributed by atoms with Crippen molar-refractivity contribution in [1.29, 1.82) is 0 Å². The first kappa shape index (κ1) is 22.7. The topological polar surface area (TPSA) is 84.8 Å². The fourth-order valence-corrected chi connectivity index (χ4v) is 5.03. The van der Waals surface area contributed by atoms with Crippen molar-refractivity contribution in [1.82, 2.24) is 19.7 Å². The Hall–Kier alpha value is -3.10. The van der Waals surface area contributed by atoms with Crippen LogP contribution < -0.4 is 5.32 Å². The van der Waals surface area contributed by atoms with Crippen molar-refractivity contribution in [2.75, 3.05) is 17.7 Å². The van der Waals surface area contributed by atoms with Crippen LogP contribution in [0.4, 0.5) is 5.69 Å². The number of nitrogens with one attached hydrogen (secondary N) is 2. The predicted molar refractivity (Wildman–Crippen MR) is 136 cm³/mol. The summed E-state index contributed by atoms with van der Waals surface area (Å²) < 4.78 is 8.00. The normalized spacial score (nSPS) is 15.9. The van der Waals surface area contributed by atoms with E-state index in [1.165, 1.54) is 17.3 Å². The zero-order valence-corrected chi connectivity index (χ0v) is 20.3. The first-order chi connectivity index (χ1) is 16.6. The Balaban J connectivity index is 1.34. The number of benzene rings is 2. The number of anilines is 1. The Kier molecular flexibility index (Phi) is 6.69. The molecule has 1 saturated heterocycles. The Morgan fingerprint density at radius 1 is 1.21 bits per heavy atom. The van der Waals surface area contributed by atoms with E-state index in [2.05, 4.69) is 57.1 Å². The molecule has 2 N–H and O–H groups in total. The maximum atomic E-state index is 12.7. The molecule has 0 spiro atoms. The molecule has 1 fully saturated rings. The van der Waals surface area contributed by atoms with Gasteiger partial charge in [0.15, 0.2) is 11.0 Å². The molecular formula is C26H29N5O2S. The fraction of sp³-hybridized carbons (Fsp3) is 0.346. The number of aromatic amines is 1. The second kappa shape index (κ2) is 10.0. The highest BCUT2D eigenvalue weighted by Gasteiger charge is 2.23. The summed E-state index contributed by atoms with van der Waals surface area (Å²) in [7, 11) is 0. The lowest BCUT2D eigenvalue weighted by Crippen LogP contribution is -2.18. The minimum atomic E-state index is -0.0670. The third kappa shape index (κ3) is 4.88. The van der Waals surface area contributed by atoms with Crippen molar-refractivity contribution in [2.45, 2.75) is 50.4 Å². The molecule has 0 saturated carbocycles. The highest BCUT2D eigenvalue weighted by Crippen LogP contribution is 2.31. The van der Waals surface area contributed by atoms with E-state index >= 15 is 0 Å². The van der Waals surface area contributed by atoms with Crippen molar-refractivity contribution in [3.8, 4) is 11.4 Å². The van der Waals surface area contributed by atoms with Gasteiger partial charge in [-0.25, -0.2) is 0 Å². The number of hydrogen-bond donors (Lipinski definition) is 2. The number of nitrogens with zero attached hydrogens (tertiary/aromatic N) is 3. The molecule has 2 aromatic carbocycles. The van der Waals surface area contributed by atoms with Gasteiger partial charge in [0.25, 0.3) is 0 Å². The van der Waals surface area contributed by atoms with Gasteiger partial charge in [-0.15, -0.1) is 10.2 Å². The number of carbonyl (C=O) groups excluding carboxylic acids is 1. The van der Waals surface area contributed by atoms with Crippen LogP contribution in [0.1, 0.15) is 38.2 Å². The van der Waals surface area contributed by atoms with E-state index < -0.39 is 0 Å². The van der Waals surface area contributed by atoms with Gasteiger partial charge >= 0.3 is 0 Å². The second-order valence-electron chi connectivity index (χ2n) is 8.91. The molecule has 0 radical (unpaired) electrons.